The minimum absolute atomic E-state index is 0.0101. The first-order valence-electron chi connectivity index (χ1n) is 6.32. The summed E-state index contributed by atoms with van der Waals surface area (Å²) in [5.74, 6) is 0.301. The molecule has 0 aliphatic heterocycles. The standard InChI is InChI=1S/C15H22O5/c1-15(2,8-12(16)17)11-7-6-10(9-18-3)13(19-4)14(11)20-5/h6-7H,8-9H2,1-5H3,(H,16,17). The lowest BCUT2D eigenvalue weighted by Crippen LogP contribution is -2.23. The Kier molecular flexibility index (Phi) is 5.39. The molecule has 20 heavy (non-hydrogen) atoms. The molecule has 5 nitrogen and oxygen atoms in total. The van der Waals surface area contributed by atoms with Crippen LogP contribution in [0.4, 0.5) is 0 Å². The molecule has 0 amide bonds. The maximum atomic E-state index is 11.0. The summed E-state index contributed by atoms with van der Waals surface area (Å²) in [5.41, 5.74) is 1.11. The second-order valence-electron chi connectivity index (χ2n) is 5.23. The van der Waals surface area contributed by atoms with Crippen LogP contribution in [0.3, 0.4) is 0 Å². The summed E-state index contributed by atoms with van der Waals surface area (Å²) in [5, 5.41) is 9.05. The Morgan fingerprint density at radius 3 is 2.20 bits per heavy atom. The van der Waals surface area contributed by atoms with E-state index in [-0.39, 0.29) is 6.42 Å². The second-order valence-corrected chi connectivity index (χ2v) is 5.23. The lowest BCUT2D eigenvalue weighted by atomic mass is 9.80. The Morgan fingerprint density at radius 2 is 1.75 bits per heavy atom. The molecule has 112 valence electrons. The van der Waals surface area contributed by atoms with Gasteiger partial charge in [0.1, 0.15) is 0 Å². The Hall–Kier alpha value is -1.75. The summed E-state index contributed by atoms with van der Waals surface area (Å²) in [6.45, 7) is 4.14. The van der Waals surface area contributed by atoms with Crippen LogP contribution in [0.25, 0.3) is 0 Å². The molecule has 0 aliphatic carbocycles. The second kappa shape index (κ2) is 6.61. The number of rotatable bonds is 7. The Labute approximate surface area is 119 Å². The molecule has 1 N–H and O–H groups in total. The third-order valence-corrected chi connectivity index (χ3v) is 3.22. The lowest BCUT2D eigenvalue weighted by molar-refractivity contribution is -0.138. The zero-order valence-electron chi connectivity index (χ0n) is 12.6. The number of hydrogen-bond acceptors (Lipinski definition) is 4. The number of aliphatic carboxylic acids is 1. The monoisotopic (exact) mass is 282 g/mol. The fraction of sp³-hybridized carbons (Fsp3) is 0.533. The normalized spacial score (nSPS) is 11.2. The molecule has 0 radical (unpaired) electrons. The van der Waals surface area contributed by atoms with E-state index in [0.29, 0.717) is 18.1 Å². The topological polar surface area (TPSA) is 65.0 Å². The smallest absolute Gasteiger partial charge is 0.304 e. The SMILES string of the molecule is COCc1ccc(C(C)(C)CC(=O)O)c(OC)c1OC. The van der Waals surface area contributed by atoms with Crippen molar-refractivity contribution in [3.8, 4) is 11.5 Å². The molecule has 1 aromatic carbocycles. The van der Waals surface area contributed by atoms with Crippen LogP contribution in [0.2, 0.25) is 0 Å². The van der Waals surface area contributed by atoms with E-state index in [0.717, 1.165) is 11.1 Å². The number of methoxy groups -OCH3 is 3. The molecule has 0 heterocycles. The molecule has 0 aliphatic rings. The molecule has 0 fully saturated rings. The molecule has 5 heteroatoms. The van der Waals surface area contributed by atoms with Crippen molar-refractivity contribution in [2.24, 2.45) is 0 Å². The van der Waals surface area contributed by atoms with E-state index in [4.69, 9.17) is 19.3 Å². The average Bonchev–Trinajstić information content (AvgIpc) is 2.36. The minimum Gasteiger partial charge on any atom is -0.493 e. The van der Waals surface area contributed by atoms with Crippen LogP contribution in [-0.2, 0) is 21.6 Å². The summed E-state index contributed by atoms with van der Waals surface area (Å²) in [6, 6.07) is 3.75. The Morgan fingerprint density at radius 1 is 1.15 bits per heavy atom. The molecule has 0 saturated carbocycles. The zero-order valence-corrected chi connectivity index (χ0v) is 12.6. The average molecular weight is 282 g/mol. The molecule has 0 aromatic heterocycles. The van der Waals surface area contributed by atoms with Gasteiger partial charge >= 0.3 is 5.97 Å². The van der Waals surface area contributed by atoms with Gasteiger partial charge in [-0.25, -0.2) is 0 Å². The zero-order chi connectivity index (χ0) is 15.3. The summed E-state index contributed by atoms with van der Waals surface area (Å²) >= 11 is 0. The van der Waals surface area contributed by atoms with Crippen molar-refractivity contribution in [2.75, 3.05) is 21.3 Å². The minimum atomic E-state index is -0.850. The number of carboxylic acid groups (broad SMARTS) is 1. The summed E-state index contributed by atoms with van der Waals surface area (Å²) < 4.78 is 16.0. The van der Waals surface area contributed by atoms with Crippen LogP contribution in [0.1, 0.15) is 31.4 Å². The van der Waals surface area contributed by atoms with Crippen LogP contribution in [-0.4, -0.2) is 32.4 Å². The highest BCUT2D eigenvalue weighted by Crippen LogP contribution is 2.42. The third-order valence-electron chi connectivity index (χ3n) is 3.22. The van der Waals surface area contributed by atoms with Crippen LogP contribution < -0.4 is 9.47 Å². The highest BCUT2D eigenvalue weighted by molar-refractivity contribution is 5.70. The van der Waals surface area contributed by atoms with Gasteiger partial charge in [0.15, 0.2) is 11.5 Å². The Bertz CT molecular complexity index is 479. The van der Waals surface area contributed by atoms with Crippen molar-refractivity contribution in [3.63, 3.8) is 0 Å². The van der Waals surface area contributed by atoms with Crippen LogP contribution in [0.15, 0.2) is 12.1 Å². The van der Waals surface area contributed by atoms with Crippen LogP contribution >= 0.6 is 0 Å². The molecule has 0 saturated heterocycles. The van der Waals surface area contributed by atoms with Gasteiger partial charge in [-0.2, -0.15) is 0 Å². The van der Waals surface area contributed by atoms with Gasteiger partial charge in [-0.3, -0.25) is 4.79 Å². The molecule has 0 spiro atoms. The van der Waals surface area contributed by atoms with Crippen molar-refractivity contribution in [2.45, 2.75) is 32.3 Å². The molecule has 1 aromatic rings. The van der Waals surface area contributed by atoms with Gasteiger partial charge in [-0.05, 0) is 0 Å². The van der Waals surface area contributed by atoms with E-state index >= 15 is 0 Å². The molecule has 0 unspecified atom stereocenters. The van der Waals surface area contributed by atoms with Gasteiger partial charge in [0, 0.05) is 23.7 Å². The van der Waals surface area contributed by atoms with E-state index in [1.807, 2.05) is 26.0 Å². The number of hydrogen-bond donors (Lipinski definition) is 1. The first-order valence-corrected chi connectivity index (χ1v) is 6.32. The van der Waals surface area contributed by atoms with Crippen molar-refractivity contribution in [1.29, 1.82) is 0 Å². The Balaban J connectivity index is 3.37. The number of carboxylic acids is 1. The van der Waals surface area contributed by atoms with Crippen molar-refractivity contribution in [3.05, 3.63) is 23.3 Å². The van der Waals surface area contributed by atoms with Gasteiger partial charge in [-0.15, -0.1) is 0 Å². The molecule has 0 bridgehead atoms. The fourth-order valence-corrected chi connectivity index (χ4v) is 2.31. The molecule has 1 rings (SSSR count). The number of carbonyl (C=O) groups is 1. The number of ether oxygens (including phenoxy) is 3. The van der Waals surface area contributed by atoms with Crippen molar-refractivity contribution in [1.82, 2.24) is 0 Å². The summed E-state index contributed by atoms with van der Waals surface area (Å²) in [6.07, 6.45) is 0.0101. The van der Waals surface area contributed by atoms with Crippen molar-refractivity contribution < 1.29 is 24.1 Å². The summed E-state index contributed by atoms with van der Waals surface area (Å²) in [4.78, 5) is 11.0. The van der Waals surface area contributed by atoms with E-state index in [1.54, 1.807) is 21.3 Å². The number of benzene rings is 1. The first kappa shape index (κ1) is 16.3. The maximum absolute atomic E-state index is 11.0. The van der Waals surface area contributed by atoms with E-state index in [2.05, 4.69) is 0 Å². The third kappa shape index (κ3) is 3.42. The summed E-state index contributed by atoms with van der Waals surface area (Å²) in [7, 11) is 4.72. The predicted molar refractivity (Wildman–Crippen MR) is 75.5 cm³/mol. The van der Waals surface area contributed by atoms with Gasteiger partial charge < -0.3 is 19.3 Å². The molecular weight excluding hydrogens is 260 g/mol. The lowest BCUT2D eigenvalue weighted by Gasteiger charge is -2.27. The van der Waals surface area contributed by atoms with Crippen LogP contribution in [0, 0.1) is 0 Å². The predicted octanol–water partition coefficient (Wildman–Crippen LogP) is 2.60. The molecule has 0 atom stereocenters. The maximum Gasteiger partial charge on any atom is 0.304 e. The van der Waals surface area contributed by atoms with Gasteiger partial charge in [0.05, 0.1) is 27.2 Å². The highest BCUT2D eigenvalue weighted by Gasteiger charge is 2.30. The first-order chi connectivity index (χ1) is 9.37. The van der Waals surface area contributed by atoms with Crippen molar-refractivity contribution >= 4 is 5.97 Å². The van der Waals surface area contributed by atoms with Gasteiger partial charge in [0.2, 0.25) is 0 Å². The molecular formula is C15H22O5. The van der Waals surface area contributed by atoms with E-state index in [9.17, 15) is 4.79 Å². The van der Waals surface area contributed by atoms with Gasteiger partial charge in [0.25, 0.3) is 0 Å². The van der Waals surface area contributed by atoms with E-state index in [1.165, 1.54) is 0 Å². The fourth-order valence-electron chi connectivity index (χ4n) is 2.31. The van der Waals surface area contributed by atoms with Crippen LogP contribution in [0.5, 0.6) is 11.5 Å². The van der Waals surface area contributed by atoms with E-state index < -0.39 is 11.4 Å². The van der Waals surface area contributed by atoms with Gasteiger partial charge in [-0.1, -0.05) is 26.0 Å². The highest BCUT2D eigenvalue weighted by atomic mass is 16.5. The quantitative estimate of drug-likeness (QED) is 0.832. The largest absolute Gasteiger partial charge is 0.493 e.